The van der Waals surface area contributed by atoms with Gasteiger partial charge in [0.25, 0.3) is 5.91 Å². The number of hydrogen-bond acceptors (Lipinski definition) is 11. The summed E-state index contributed by atoms with van der Waals surface area (Å²) in [4.78, 5) is 48.2. The molecule has 1 aromatic heterocycles. The average molecular weight is 710 g/mol. The highest BCUT2D eigenvalue weighted by Crippen LogP contribution is 2.41. The topological polar surface area (TPSA) is 127 Å². The number of anilines is 5. The number of ether oxygens (including phenoxy) is 1. The molecule has 0 spiro atoms. The van der Waals surface area contributed by atoms with Crippen molar-refractivity contribution in [3.05, 3.63) is 72.6 Å². The standard InChI is InChI=1S/C39H51N9O4/c1-5-38(49)44-31-22-32(35(51-4)23-34(31)47-14-11-30(12-15-47)46-18-16-45(17-19-46)29-9-10-29)43-36-24-37(41-25-40-36)48-33(13-20-52-48)27-7-6-8-28(21-27)39(50)42-26(2)3/h5-8,21-26,29-30,33H,1,9-20H2,2-4H3,(H,42,50)(H,44,49)(H,40,41,43). The van der Waals surface area contributed by atoms with Gasteiger partial charge in [-0.25, -0.2) is 15.0 Å². The van der Waals surface area contributed by atoms with Gasteiger partial charge in [0.05, 0.1) is 36.8 Å². The van der Waals surface area contributed by atoms with Crippen LogP contribution < -0.4 is 30.7 Å². The lowest BCUT2D eigenvalue weighted by molar-refractivity contribution is -0.111. The summed E-state index contributed by atoms with van der Waals surface area (Å²) >= 11 is 0. The molecule has 3 N–H and O–H groups in total. The van der Waals surface area contributed by atoms with Crippen LogP contribution in [0.2, 0.25) is 0 Å². The van der Waals surface area contributed by atoms with Gasteiger partial charge in [-0.3, -0.25) is 24.2 Å². The molecule has 1 aliphatic carbocycles. The third-order valence-corrected chi connectivity index (χ3v) is 10.5. The first-order chi connectivity index (χ1) is 25.3. The Kier molecular flexibility index (Phi) is 10.9. The van der Waals surface area contributed by atoms with E-state index in [0.717, 1.165) is 62.7 Å². The third kappa shape index (κ3) is 8.16. The molecule has 4 fully saturated rings. The lowest BCUT2D eigenvalue weighted by Crippen LogP contribution is -2.53. The Balaban J connectivity index is 1.07. The molecule has 1 saturated carbocycles. The summed E-state index contributed by atoms with van der Waals surface area (Å²) in [7, 11) is 1.64. The van der Waals surface area contributed by atoms with Gasteiger partial charge in [-0.15, -0.1) is 0 Å². The van der Waals surface area contributed by atoms with E-state index in [2.05, 4.69) is 47.2 Å². The van der Waals surface area contributed by atoms with E-state index in [1.54, 1.807) is 12.2 Å². The molecule has 3 aromatic rings. The Hall–Kier alpha value is -4.72. The second-order valence-corrected chi connectivity index (χ2v) is 14.4. The molecular formula is C39H51N9O4. The van der Waals surface area contributed by atoms with E-state index in [-0.39, 0.29) is 23.9 Å². The van der Waals surface area contributed by atoms with Crippen molar-refractivity contribution < 1.29 is 19.2 Å². The SMILES string of the molecule is C=CC(=O)Nc1cc(Nc2cc(N3OCCC3c3cccc(C(=O)NC(C)C)c3)ncn2)c(OC)cc1N1CCC(N2CCN(C3CC3)CC2)CC1. The van der Waals surface area contributed by atoms with Gasteiger partial charge < -0.3 is 25.6 Å². The number of amides is 2. The monoisotopic (exact) mass is 709 g/mol. The van der Waals surface area contributed by atoms with Gasteiger partial charge in [0.2, 0.25) is 5.91 Å². The van der Waals surface area contributed by atoms with Crippen LogP contribution in [-0.4, -0.2) is 103 Å². The van der Waals surface area contributed by atoms with Crippen LogP contribution in [-0.2, 0) is 9.63 Å². The number of hydrogen-bond donors (Lipinski definition) is 3. The smallest absolute Gasteiger partial charge is 0.251 e. The zero-order valence-corrected chi connectivity index (χ0v) is 30.5. The van der Waals surface area contributed by atoms with Gasteiger partial charge in [0, 0.05) is 81.5 Å². The van der Waals surface area contributed by atoms with E-state index in [4.69, 9.17) is 9.57 Å². The maximum atomic E-state index is 12.7. The lowest BCUT2D eigenvalue weighted by Gasteiger charge is -2.43. The van der Waals surface area contributed by atoms with Crippen LogP contribution in [0.3, 0.4) is 0 Å². The Morgan fingerprint density at radius 2 is 1.65 bits per heavy atom. The van der Waals surface area contributed by atoms with Gasteiger partial charge in [-0.1, -0.05) is 18.7 Å². The number of aromatic nitrogens is 2. The summed E-state index contributed by atoms with van der Waals surface area (Å²) < 4.78 is 5.90. The summed E-state index contributed by atoms with van der Waals surface area (Å²) in [6.07, 6.45) is 8.37. The number of carbonyl (C=O) groups is 2. The molecule has 276 valence electrons. The van der Waals surface area contributed by atoms with E-state index in [1.165, 1.54) is 38.3 Å². The van der Waals surface area contributed by atoms with Gasteiger partial charge in [-0.2, -0.15) is 0 Å². The number of benzene rings is 2. The molecule has 0 bridgehead atoms. The highest BCUT2D eigenvalue weighted by atomic mass is 16.7. The third-order valence-electron chi connectivity index (χ3n) is 10.5. The first-order valence-corrected chi connectivity index (χ1v) is 18.6. The van der Waals surface area contributed by atoms with Crippen LogP contribution in [0.15, 0.2) is 61.4 Å². The summed E-state index contributed by atoms with van der Waals surface area (Å²) in [5.74, 6) is 1.33. The largest absolute Gasteiger partial charge is 0.494 e. The number of rotatable bonds is 12. The fourth-order valence-electron chi connectivity index (χ4n) is 7.66. The summed E-state index contributed by atoms with van der Waals surface area (Å²) in [6.45, 7) is 14.5. The quantitative estimate of drug-likeness (QED) is 0.217. The molecule has 13 heteroatoms. The Labute approximate surface area is 306 Å². The summed E-state index contributed by atoms with van der Waals surface area (Å²) in [6, 6.07) is 14.6. The van der Waals surface area contributed by atoms with E-state index in [9.17, 15) is 9.59 Å². The maximum absolute atomic E-state index is 12.7. The van der Waals surface area contributed by atoms with Crippen molar-refractivity contribution in [2.75, 3.05) is 73.6 Å². The van der Waals surface area contributed by atoms with Crippen LogP contribution in [0, 0.1) is 0 Å². The molecule has 3 aliphatic heterocycles. The summed E-state index contributed by atoms with van der Waals surface area (Å²) in [5.41, 5.74) is 3.78. The number of carbonyl (C=O) groups excluding carboxylic acids is 2. The Morgan fingerprint density at radius 1 is 0.923 bits per heavy atom. The van der Waals surface area contributed by atoms with Crippen LogP contribution in [0.5, 0.6) is 5.75 Å². The normalized spacial score (nSPS) is 20.2. The van der Waals surface area contributed by atoms with Crippen molar-refractivity contribution in [1.82, 2.24) is 25.1 Å². The van der Waals surface area contributed by atoms with E-state index in [1.807, 2.05) is 56.3 Å². The fraction of sp³-hybridized carbons (Fsp3) is 0.487. The van der Waals surface area contributed by atoms with Gasteiger partial charge in [0.1, 0.15) is 17.9 Å². The van der Waals surface area contributed by atoms with Crippen LogP contribution in [0.25, 0.3) is 0 Å². The Bertz CT molecular complexity index is 1750. The molecular weight excluding hydrogens is 658 g/mol. The molecule has 2 amide bonds. The number of hydroxylamine groups is 1. The molecule has 13 nitrogen and oxygen atoms in total. The number of piperidine rings is 1. The number of piperazine rings is 1. The first kappa shape index (κ1) is 35.7. The van der Waals surface area contributed by atoms with E-state index >= 15 is 0 Å². The first-order valence-electron chi connectivity index (χ1n) is 18.6. The van der Waals surface area contributed by atoms with Gasteiger partial charge in [-0.05, 0) is 69.4 Å². The molecule has 1 unspecified atom stereocenters. The van der Waals surface area contributed by atoms with Crippen LogP contribution >= 0.6 is 0 Å². The minimum Gasteiger partial charge on any atom is -0.494 e. The van der Waals surface area contributed by atoms with Crippen molar-refractivity contribution in [3.8, 4) is 5.75 Å². The lowest BCUT2D eigenvalue weighted by atomic mass is 10.0. The Morgan fingerprint density at radius 3 is 2.33 bits per heavy atom. The molecule has 0 radical (unpaired) electrons. The van der Waals surface area contributed by atoms with Gasteiger partial charge in [0.15, 0.2) is 5.82 Å². The van der Waals surface area contributed by atoms with E-state index in [0.29, 0.717) is 47.0 Å². The van der Waals surface area contributed by atoms with E-state index < -0.39 is 0 Å². The van der Waals surface area contributed by atoms with Crippen molar-refractivity contribution in [3.63, 3.8) is 0 Å². The number of nitrogens with one attached hydrogen (secondary N) is 3. The predicted molar refractivity (Wildman–Crippen MR) is 203 cm³/mol. The van der Waals surface area contributed by atoms with Crippen molar-refractivity contribution in [2.24, 2.45) is 0 Å². The average Bonchev–Trinajstić information content (AvgIpc) is 3.90. The van der Waals surface area contributed by atoms with Gasteiger partial charge >= 0.3 is 0 Å². The molecule has 1 atom stereocenters. The second-order valence-electron chi connectivity index (χ2n) is 14.4. The maximum Gasteiger partial charge on any atom is 0.251 e. The van der Waals surface area contributed by atoms with Crippen LogP contribution in [0.4, 0.5) is 28.7 Å². The highest BCUT2D eigenvalue weighted by molar-refractivity contribution is 6.02. The molecule has 4 aliphatic rings. The molecule has 4 heterocycles. The zero-order valence-electron chi connectivity index (χ0n) is 30.5. The minimum absolute atomic E-state index is 0.0407. The number of nitrogens with zero attached hydrogens (tertiary/aromatic N) is 6. The molecule has 7 rings (SSSR count). The predicted octanol–water partition coefficient (Wildman–Crippen LogP) is 5.12. The van der Waals surface area contributed by atoms with Crippen LogP contribution in [0.1, 0.15) is 67.9 Å². The minimum atomic E-state index is -0.284. The molecule has 3 saturated heterocycles. The van der Waals surface area contributed by atoms with Crippen molar-refractivity contribution in [2.45, 2.75) is 70.1 Å². The molecule has 2 aromatic carbocycles. The van der Waals surface area contributed by atoms with Crippen molar-refractivity contribution >= 4 is 40.5 Å². The fourth-order valence-corrected chi connectivity index (χ4v) is 7.66. The summed E-state index contributed by atoms with van der Waals surface area (Å²) in [5, 5.41) is 11.2. The second kappa shape index (κ2) is 15.9. The zero-order chi connectivity index (χ0) is 36.2. The molecule has 52 heavy (non-hydrogen) atoms. The van der Waals surface area contributed by atoms with Crippen molar-refractivity contribution in [1.29, 1.82) is 0 Å². The number of methoxy groups -OCH3 is 1. The highest BCUT2D eigenvalue weighted by Gasteiger charge is 2.34.